The molecule has 0 spiro atoms. The lowest BCUT2D eigenvalue weighted by atomic mass is 9.76. The average Bonchev–Trinajstić information content (AvgIpc) is 3.15. The highest BCUT2D eigenvalue weighted by atomic mass is 32.2. The quantitative estimate of drug-likeness (QED) is 0.360. The Morgan fingerprint density at radius 3 is 2.75 bits per heavy atom. The Bertz CT molecular complexity index is 780. The van der Waals surface area contributed by atoms with Crippen molar-refractivity contribution in [3.05, 3.63) is 53.9 Å². The highest BCUT2D eigenvalue weighted by molar-refractivity contribution is 7.99. The first-order valence-corrected chi connectivity index (χ1v) is 8.92. The van der Waals surface area contributed by atoms with E-state index in [9.17, 15) is 9.59 Å². The fourth-order valence-electron chi connectivity index (χ4n) is 3.35. The molecule has 3 rings (SSSR count). The molecule has 4 nitrogen and oxygen atoms in total. The van der Waals surface area contributed by atoms with Gasteiger partial charge in [0.1, 0.15) is 0 Å². The number of rotatable bonds is 5. The largest absolute Gasteiger partial charge is 0.468 e. The van der Waals surface area contributed by atoms with Gasteiger partial charge in [-0.1, -0.05) is 26.0 Å². The first-order valence-electron chi connectivity index (χ1n) is 8.04. The van der Waals surface area contributed by atoms with Gasteiger partial charge in [-0.25, -0.2) is 0 Å². The molecule has 1 aliphatic rings. The topological polar surface area (TPSA) is 48.3 Å². The number of aromatic nitrogens is 1. The van der Waals surface area contributed by atoms with Gasteiger partial charge in [0.15, 0.2) is 11.2 Å². The molecule has 0 saturated carbocycles. The van der Waals surface area contributed by atoms with Crippen LogP contribution >= 0.6 is 11.8 Å². The van der Waals surface area contributed by atoms with Crippen molar-refractivity contribution >= 4 is 23.5 Å². The maximum Gasteiger partial charge on any atom is 0.325 e. The van der Waals surface area contributed by atoms with Crippen LogP contribution < -0.4 is 0 Å². The number of thioether (sulfide) groups is 1. The highest BCUT2D eigenvalue weighted by Crippen LogP contribution is 2.40. The number of methoxy groups -OCH3 is 1. The van der Waals surface area contributed by atoms with Gasteiger partial charge in [-0.2, -0.15) is 0 Å². The number of fused-ring (bicyclic) bond motifs is 1. The number of benzene rings is 1. The van der Waals surface area contributed by atoms with E-state index in [0.29, 0.717) is 23.8 Å². The number of ketones is 1. The molecule has 0 radical (unpaired) electrons. The zero-order valence-electron chi connectivity index (χ0n) is 14.1. The maximum atomic E-state index is 13.3. The summed E-state index contributed by atoms with van der Waals surface area (Å²) in [4.78, 5) is 27.0. The Hall–Kier alpha value is -2.01. The Labute approximate surface area is 146 Å². The number of nitrogens with zero attached hydrogens (tertiary/aromatic N) is 1. The van der Waals surface area contributed by atoms with Crippen LogP contribution in [-0.2, 0) is 21.5 Å². The van der Waals surface area contributed by atoms with E-state index >= 15 is 0 Å². The van der Waals surface area contributed by atoms with Crippen LogP contribution in [0.4, 0.5) is 0 Å². The SMILES string of the molecule is COC(=O)C1(C(=O)c2cccc(SC(C)C)c2)CCn2cccc21. The molecule has 0 amide bonds. The molecule has 2 heterocycles. The van der Waals surface area contributed by atoms with Gasteiger partial charge in [-0.3, -0.25) is 9.59 Å². The highest BCUT2D eigenvalue weighted by Gasteiger charge is 2.53. The van der Waals surface area contributed by atoms with Crippen molar-refractivity contribution in [2.24, 2.45) is 0 Å². The van der Waals surface area contributed by atoms with E-state index in [0.717, 1.165) is 10.6 Å². The van der Waals surface area contributed by atoms with Crippen LogP contribution in [0.15, 0.2) is 47.5 Å². The van der Waals surface area contributed by atoms with Crippen molar-refractivity contribution in [2.75, 3.05) is 7.11 Å². The minimum Gasteiger partial charge on any atom is -0.468 e. The fraction of sp³-hybridized carbons (Fsp3) is 0.368. The third-order valence-corrected chi connectivity index (χ3v) is 5.38. The average molecular weight is 343 g/mol. The predicted octanol–water partition coefficient (Wildman–Crippen LogP) is 3.69. The van der Waals surface area contributed by atoms with Gasteiger partial charge >= 0.3 is 5.97 Å². The first kappa shape index (κ1) is 16.8. The molecule has 24 heavy (non-hydrogen) atoms. The van der Waals surface area contributed by atoms with Crippen LogP contribution in [0.1, 0.15) is 36.3 Å². The number of carbonyl (C=O) groups excluding carboxylic acids is 2. The molecule has 0 saturated heterocycles. The van der Waals surface area contributed by atoms with Crippen molar-refractivity contribution in [1.82, 2.24) is 4.57 Å². The van der Waals surface area contributed by atoms with Gasteiger partial charge in [0, 0.05) is 34.1 Å². The zero-order chi connectivity index (χ0) is 17.3. The lowest BCUT2D eigenvalue weighted by Gasteiger charge is -2.24. The zero-order valence-corrected chi connectivity index (χ0v) is 14.9. The Morgan fingerprint density at radius 1 is 1.25 bits per heavy atom. The van der Waals surface area contributed by atoms with E-state index in [1.54, 1.807) is 17.8 Å². The third-order valence-electron chi connectivity index (χ3n) is 4.38. The molecule has 1 aromatic heterocycles. The van der Waals surface area contributed by atoms with Crippen LogP contribution in [0.3, 0.4) is 0 Å². The molecular weight excluding hydrogens is 322 g/mol. The van der Waals surface area contributed by atoms with Crippen LogP contribution in [0.25, 0.3) is 0 Å². The molecule has 5 heteroatoms. The van der Waals surface area contributed by atoms with Crippen molar-refractivity contribution in [3.63, 3.8) is 0 Å². The molecule has 1 atom stereocenters. The number of hydrogen-bond donors (Lipinski definition) is 0. The fourth-order valence-corrected chi connectivity index (χ4v) is 4.24. The monoisotopic (exact) mass is 343 g/mol. The Kier molecular flexibility index (Phi) is 4.54. The summed E-state index contributed by atoms with van der Waals surface area (Å²) in [6.07, 6.45) is 2.34. The number of hydrogen-bond acceptors (Lipinski definition) is 4. The minimum absolute atomic E-state index is 0.182. The van der Waals surface area contributed by atoms with Crippen LogP contribution in [0.2, 0.25) is 0 Å². The van der Waals surface area contributed by atoms with Crippen molar-refractivity contribution in [3.8, 4) is 0 Å². The second-order valence-corrected chi connectivity index (χ2v) is 7.91. The smallest absolute Gasteiger partial charge is 0.325 e. The standard InChI is InChI=1S/C19H21NO3S/c1-13(2)24-15-7-4-6-14(12-15)17(21)19(18(22)23-3)9-11-20-10-5-8-16(19)20/h4-8,10,12-13H,9,11H2,1-3H3. The van der Waals surface area contributed by atoms with E-state index < -0.39 is 11.4 Å². The molecule has 1 unspecified atom stereocenters. The summed E-state index contributed by atoms with van der Waals surface area (Å²) >= 11 is 1.70. The number of ether oxygens (including phenoxy) is 1. The predicted molar refractivity (Wildman–Crippen MR) is 94.5 cm³/mol. The summed E-state index contributed by atoms with van der Waals surface area (Å²) in [5.74, 6) is -0.662. The molecule has 0 N–H and O–H groups in total. The second-order valence-electron chi connectivity index (χ2n) is 6.26. The Balaban J connectivity index is 2.05. The van der Waals surface area contributed by atoms with Crippen molar-refractivity contribution < 1.29 is 14.3 Å². The summed E-state index contributed by atoms with van der Waals surface area (Å²) in [7, 11) is 1.34. The summed E-state index contributed by atoms with van der Waals surface area (Å²) < 4.78 is 6.98. The van der Waals surface area contributed by atoms with Crippen LogP contribution in [0, 0.1) is 0 Å². The van der Waals surface area contributed by atoms with Crippen molar-refractivity contribution in [1.29, 1.82) is 0 Å². The minimum atomic E-state index is -1.24. The molecule has 0 aliphatic carbocycles. The summed E-state index contributed by atoms with van der Waals surface area (Å²) in [6, 6.07) is 11.2. The molecule has 2 aromatic rings. The van der Waals surface area contributed by atoms with Gasteiger partial charge in [0.2, 0.25) is 0 Å². The molecule has 0 bridgehead atoms. The lowest BCUT2D eigenvalue weighted by molar-refractivity contribution is -0.145. The molecular formula is C19H21NO3S. The van der Waals surface area contributed by atoms with E-state index in [1.165, 1.54) is 7.11 Å². The molecule has 0 fully saturated rings. The Morgan fingerprint density at radius 2 is 2.04 bits per heavy atom. The van der Waals surface area contributed by atoms with E-state index in [4.69, 9.17) is 4.74 Å². The second kappa shape index (κ2) is 6.48. The number of carbonyl (C=O) groups is 2. The van der Waals surface area contributed by atoms with Gasteiger partial charge in [-0.15, -0.1) is 11.8 Å². The van der Waals surface area contributed by atoms with Gasteiger partial charge in [0.05, 0.1) is 7.11 Å². The maximum absolute atomic E-state index is 13.3. The third kappa shape index (κ3) is 2.67. The van der Waals surface area contributed by atoms with Crippen LogP contribution in [0.5, 0.6) is 0 Å². The van der Waals surface area contributed by atoms with Gasteiger partial charge in [-0.05, 0) is 30.7 Å². The van der Waals surface area contributed by atoms with E-state index in [-0.39, 0.29) is 5.78 Å². The molecule has 1 aliphatic heterocycles. The molecule has 1 aromatic carbocycles. The number of aryl methyl sites for hydroxylation is 1. The van der Waals surface area contributed by atoms with Gasteiger partial charge in [0.25, 0.3) is 0 Å². The number of esters is 1. The summed E-state index contributed by atoms with van der Waals surface area (Å²) in [5, 5.41) is 0.425. The first-order chi connectivity index (χ1) is 11.5. The number of Topliss-reactive ketones (excluding diaryl/α,β-unsaturated/α-hetero) is 1. The van der Waals surface area contributed by atoms with E-state index in [2.05, 4.69) is 13.8 Å². The van der Waals surface area contributed by atoms with Gasteiger partial charge < -0.3 is 9.30 Å². The summed E-state index contributed by atoms with van der Waals surface area (Å²) in [6.45, 7) is 4.86. The molecule has 126 valence electrons. The normalized spacial score (nSPS) is 19.3. The lowest BCUT2D eigenvalue weighted by Crippen LogP contribution is -2.43. The van der Waals surface area contributed by atoms with Crippen molar-refractivity contribution in [2.45, 2.75) is 42.4 Å². The summed E-state index contributed by atoms with van der Waals surface area (Å²) in [5.41, 5.74) is 0.0429. The van der Waals surface area contributed by atoms with Crippen LogP contribution in [-0.4, -0.2) is 28.7 Å². The van der Waals surface area contributed by atoms with E-state index in [1.807, 2.05) is 41.1 Å².